The monoisotopic (exact) mass is 241 g/mol. The van der Waals surface area contributed by atoms with Crippen LogP contribution in [0.2, 0.25) is 0 Å². The Hall–Kier alpha value is -0.930. The van der Waals surface area contributed by atoms with Crippen molar-refractivity contribution in [3.8, 4) is 11.5 Å². The maximum absolute atomic E-state index is 6.24. The Labute approximate surface area is 101 Å². The van der Waals surface area contributed by atoms with E-state index in [2.05, 4.69) is 6.07 Å². The van der Waals surface area contributed by atoms with Gasteiger partial charge in [0.1, 0.15) is 0 Å². The minimum atomic E-state index is 0. The zero-order valence-corrected chi connectivity index (χ0v) is 9.83. The average Bonchev–Trinajstić information content (AvgIpc) is 2.61. The Balaban J connectivity index is 0.000000963. The molecule has 1 aliphatic carbocycles. The van der Waals surface area contributed by atoms with Crippen molar-refractivity contribution in [2.24, 2.45) is 11.7 Å². The Bertz CT molecular complexity index is 379. The summed E-state index contributed by atoms with van der Waals surface area (Å²) in [6, 6.07) is 6.08. The molecule has 3 rings (SSSR count). The second-order valence-electron chi connectivity index (χ2n) is 4.30. The molecule has 88 valence electrons. The quantitative estimate of drug-likeness (QED) is 0.866. The molecule has 16 heavy (non-hydrogen) atoms. The Morgan fingerprint density at radius 3 is 2.75 bits per heavy atom. The molecule has 0 saturated heterocycles. The molecule has 0 unspecified atom stereocenters. The number of rotatable bonds is 2. The highest BCUT2D eigenvalue weighted by atomic mass is 35.5. The highest BCUT2D eigenvalue weighted by Crippen LogP contribution is 2.43. The van der Waals surface area contributed by atoms with Gasteiger partial charge >= 0.3 is 0 Å². The number of ether oxygens (including phenoxy) is 2. The second-order valence-corrected chi connectivity index (χ2v) is 4.30. The van der Waals surface area contributed by atoms with Crippen molar-refractivity contribution in [1.29, 1.82) is 0 Å². The number of para-hydroxylation sites is 1. The lowest BCUT2D eigenvalue weighted by Gasteiger charge is -2.31. The maximum Gasteiger partial charge on any atom is 0.231 e. The summed E-state index contributed by atoms with van der Waals surface area (Å²) in [6.07, 6.45) is 3.79. The SMILES string of the molecule is Cl.N[C@H](c1cccc2c1OCO2)C1CCC1. The van der Waals surface area contributed by atoms with E-state index in [1.165, 1.54) is 19.3 Å². The average molecular weight is 242 g/mol. The molecule has 0 aromatic heterocycles. The minimum Gasteiger partial charge on any atom is -0.454 e. The molecular weight excluding hydrogens is 226 g/mol. The highest BCUT2D eigenvalue weighted by Gasteiger charge is 2.29. The highest BCUT2D eigenvalue weighted by molar-refractivity contribution is 5.85. The summed E-state index contributed by atoms with van der Waals surface area (Å²) < 4.78 is 10.8. The van der Waals surface area contributed by atoms with Crippen molar-refractivity contribution >= 4 is 12.4 Å². The third-order valence-electron chi connectivity index (χ3n) is 3.44. The predicted molar refractivity (Wildman–Crippen MR) is 64.1 cm³/mol. The van der Waals surface area contributed by atoms with Crippen molar-refractivity contribution in [1.82, 2.24) is 0 Å². The van der Waals surface area contributed by atoms with Crippen LogP contribution in [-0.2, 0) is 0 Å². The third-order valence-corrected chi connectivity index (χ3v) is 3.44. The summed E-state index contributed by atoms with van der Waals surface area (Å²) in [5.41, 5.74) is 7.34. The molecule has 1 aromatic carbocycles. The smallest absolute Gasteiger partial charge is 0.231 e. The zero-order valence-electron chi connectivity index (χ0n) is 9.02. The first-order valence-electron chi connectivity index (χ1n) is 5.50. The molecule has 2 aliphatic rings. The lowest BCUT2D eigenvalue weighted by Crippen LogP contribution is -2.27. The van der Waals surface area contributed by atoms with E-state index in [4.69, 9.17) is 15.2 Å². The van der Waals surface area contributed by atoms with Gasteiger partial charge in [-0.15, -0.1) is 12.4 Å². The van der Waals surface area contributed by atoms with Crippen molar-refractivity contribution in [2.75, 3.05) is 6.79 Å². The molecule has 1 heterocycles. The maximum atomic E-state index is 6.24. The molecule has 2 N–H and O–H groups in total. The number of fused-ring (bicyclic) bond motifs is 1. The van der Waals surface area contributed by atoms with Crippen LogP contribution in [0.15, 0.2) is 18.2 Å². The summed E-state index contributed by atoms with van der Waals surface area (Å²) in [5.74, 6) is 2.32. The van der Waals surface area contributed by atoms with Gasteiger partial charge in [0.2, 0.25) is 6.79 Å². The van der Waals surface area contributed by atoms with E-state index >= 15 is 0 Å². The van der Waals surface area contributed by atoms with Gasteiger partial charge < -0.3 is 15.2 Å². The van der Waals surface area contributed by atoms with E-state index in [0.717, 1.165) is 17.1 Å². The van der Waals surface area contributed by atoms with Gasteiger partial charge in [-0.3, -0.25) is 0 Å². The minimum absolute atomic E-state index is 0. The molecule has 0 bridgehead atoms. The second kappa shape index (κ2) is 4.52. The molecule has 0 radical (unpaired) electrons. The lowest BCUT2D eigenvalue weighted by molar-refractivity contribution is 0.171. The predicted octanol–water partition coefficient (Wildman–Crippen LogP) is 2.64. The van der Waals surface area contributed by atoms with Crippen LogP contribution in [0.5, 0.6) is 11.5 Å². The van der Waals surface area contributed by atoms with Crippen LogP contribution in [0.25, 0.3) is 0 Å². The molecule has 1 aliphatic heterocycles. The molecule has 1 atom stereocenters. The van der Waals surface area contributed by atoms with Gasteiger partial charge in [0, 0.05) is 11.6 Å². The van der Waals surface area contributed by atoms with E-state index in [0.29, 0.717) is 12.7 Å². The molecule has 4 heteroatoms. The lowest BCUT2D eigenvalue weighted by atomic mass is 9.77. The van der Waals surface area contributed by atoms with Crippen LogP contribution < -0.4 is 15.2 Å². The summed E-state index contributed by atoms with van der Waals surface area (Å²) >= 11 is 0. The first kappa shape index (κ1) is 11.6. The normalized spacial score (nSPS) is 19.8. The fourth-order valence-electron chi connectivity index (χ4n) is 2.27. The van der Waals surface area contributed by atoms with Gasteiger partial charge in [-0.2, -0.15) is 0 Å². The van der Waals surface area contributed by atoms with Crippen LogP contribution in [-0.4, -0.2) is 6.79 Å². The molecule has 3 nitrogen and oxygen atoms in total. The van der Waals surface area contributed by atoms with Crippen LogP contribution in [0.4, 0.5) is 0 Å². The number of benzene rings is 1. The van der Waals surface area contributed by atoms with Crippen molar-refractivity contribution in [2.45, 2.75) is 25.3 Å². The molecular formula is C12H16ClNO2. The molecule has 1 saturated carbocycles. The summed E-state index contributed by atoms with van der Waals surface area (Å²) in [6.45, 7) is 0.323. The van der Waals surface area contributed by atoms with Gasteiger partial charge in [-0.05, 0) is 24.8 Å². The Kier molecular flexibility index (Phi) is 3.26. The molecule has 0 spiro atoms. The fraction of sp³-hybridized carbons (Fsp3) is 0.500. The van der Waals surface area contributed by atoms with Gasteiger partial charge in [-0.1, -0.05) is 18.6 Å². The number of nitrogens with two attached hydrogens (primary N) is 1. The van der Waals surface area contributed by atoms with E-state index in [9.17, 15) is 0 Å². The van der Waals surface area contributed by atoms with Gasteiger partial charge in [0.15, 0.2) is 11.5 Å². The van der Waals surface area contributed by atoms with Gasteiger partial charge in [0.05, 0.1) is 0 Å². The van der Waals surface area contributed by atoms with Crippen molar-refractivity contribution in [3.63, 3.8) is 0 Å². The van der Waals surface area contributed by atoms with E-state index in [1.54, 1.807) is 0 Å². The summed E-state index contributed by atoms with van der Waals surface area (Å²) in [5, 5.41) is 0. The number of hydrogen-bond donors (Lipinski definition) is 1. The van der Waals surface area contributed by atoms with E-state index in [-0.39, 0.29) is 18.4 Å². The topological polar surface area (TPSA) is 44.5 Å². The Morgan fingerprint density at radius 2 is 2.06 bits per heavy atom. The van der Waals surface area contributed by atoms with Gasteiger partial charge in [0.25, 0.3) is 0 Å². The fourth-order valence-corrected chi connectivity index (χ4v) is 2.27. The first-order chi connectivity index (χ1) is 7.36. The van der Waals surface area contributed by atoms with Crippen LogP contribution in [0.3, 0.4) is 0 Å². The van der Waals surface area contributed by atoms with Crippen molar-refractivity contribution in [3.05, 3.63) is 23.8 Å². The third kappa shape index (κ3) is 1.74. The van der Waals surface area contributed by atoms with Crippen molar-refractivity contribution < 1.29 is 9.47 Å². The van der Waals surface area contributed by atoms with Gasteiger partial charge in [-0.25, -0.2) is 0 Å². The van der Waals surface area contributed by atoms with Crippen LogP contribution in [0.1, 0.15) is 30.9 Å². The Morgan fingerprint density at radius 1 is 1.25 bits per heavy atom. The number of halogens is 1. The molecule has 1 fully saturated rings. The largest absolute Gasteiger partial charge is 0.454 e. The molecule has 0 amide bonds. The van der Waals surface area contributed by atoms with Crippen LogP contribution >= 0.6 is 12.4 Å². The first-order valence-corrected chi connectivity index (χ1v) is 5.50. The van der Waals surface area contributed by atoms with Crippen LogP contribution in [0, 0.1) is 5.92 Å². The van der Waals surface area contributed by atoms with E-state index in [1.807, 2.05) is 12.1 Å². The molecule has 1 aromatic rings. The standard InChI is InChI=1S/C12H15NO2.ClH/c13-11(8-3-1-4-8)9-5-2-6-10-12(9)15-7-14-10;/h2,5-6,8,11H,1,3-4,7,13H2;1H/t11-;/m0./s1. The number of hydrogen-bond acceptors (Lipinski definition) is 3. The van der Waals surface area contributed by atoms with E-state index < -0.39 is 0 Å². The zero-order chi connectivity index (χ0) is 10.3. The summed E-state index contributed by atoms with van der Waals surface area (Å²) in [4.78, 5) is 0. The summed E-state index contributed by atoms with van der Waals surface area (Å²) in [7, 11) is 0.